The van der Waals surface area contributed by atoms with E-state index in [1.165, 1.54) is 24.3 Å². The first-order chi connectivity index (χ1) is 19.6. The molecule has 0 aromatic heterocycles. The smallest absolute Gasteiger partial charge is 0.307 e. The largest absolute Gasteiger partial charge is 0.461 e. The van der Waals surface area contributed by atoms with Crippen molar-refractivity contribution in [2.24, 2.45) is 0 Å². The lowest BCUT2D eigenvalue weighted by molar-refractivity contribution is -0.241. The molecular weight excluding hydrogens is 550 g/mol. The molecule has 0 saturated heterocycles. The van der Waals surface area contributed by atoms with Crippen LogP contribution in [0.1, 0.15) is 0 Å². The van der Waals surface area contributed by atoms with E-state index in [1.54, 1.807) is 48.5 Å². The van der Waals surface area contributed by atoms with Gasteiger partial charge >= 0.3 is 11.8 Å². The van der Waals surface area contributed by atoms with Crippen LogP contribution in [-0.2, 0) is 4.57 Å². The fourth-order valence-electron chi connectivity index (χ4n) is 6.49. The predicted molar refractivity (Wildman–Crippen MR) is 158 cm³/mol. The van der Waals surface area contributed by atoms with Gasteiger partial charge in [0.25, 0.3) is 0 Å². The quantitative estimate of drug-likeness (QED) is 0.118. The summed E-state index contributed by atoms with van der Waals surface area (Å²) < 4.78 is 88.7. The number of halogens is 5. The molecule has 0 N–H and O–H groups in total. The highest BCUT2D eigenvalue weighted by atomic mass is 31.2. The minimum atomic E-state index is -6.04. The van der Waals surface area contributed by atoms with Crippen molar-refractivity contribution in [3.63, 3.8) is 0 Å². The number of hydrogen-bond donors (Lipinski definition) is 0. The van der Waals surface area contributed by atoms with E-state index in [9.17, 15) is 17.7 Å². The molecule has 41 heavy (non-hydrogen) atoms. The van der Waals surface area contributed by atoms with Crippen molar-refractivity contribution in [1.29, 1.82) is 0 Å². The lowest BCUT2D eigenvalue weighted by Crippen LogP contribution is -2.42. The van der Waals surface area contributed by atoms with Crippen molar-refractivity contribution in [3.8, 4) is 0 Å². The molecule has 0 unspecified atom stereocenters. The summed E-state index contributed by atoms with van der Waals surface area (Å²) in [6.07, 6.45) is -6.04. The standard InChI is InChI=1S/C34H18F5OP/c35-33(36,37)34(38,39)41(40,27-15-23-11-7-19-3-1-4-20-8-12-24(16-27)31(23)29(19)20)28-17-25-13-9-21-5-2-6-22-10-14-26(18-28)32(25)30(21)22/h1-18H. The van der Waals surface area contributed by atoms with Gasteiger partial charge in [0.2, 0.25) is 7.14 Å². The van der Waals surface area contributed by atoms with Crippen LogP contribution < -0.4 is 10.6 Å². The summed E-state index contributed by atoms with van der Waals surface area (Å²) in [5.41, 5.74) is -5.51. The molecule has 8 rings (SSSR count). The summed E-state index contributed by atoms with van der Waals surface area (Å²) in [5, 5.41) is 7.69. The van der Waals surface area contributed by atoms with Gasteiger partial charge in [0, 0.05) is 10.6 Å². The van der Waals surface area contributed by atoms with E-state index in [4.69, 9.17) is 0 Å². The van der Waals surface area contributed by atoms with Gasteiger partial charge < -0.3 is 4.57 Å². The van der Waals surface area contributed by atoms with Gasteiger partial charge in [-0.15, -0.1) is 0 Å². The van der Waals surface area contributed by atoms with Crippen molar-refractivity contribution < 1.29 is 26.5 Å². The molecule has 0 atom stereocenters. The van der Waals surface area contributed by atoms with Crippen LogP contribution in [0.25, 0.3) is 64.6 Å². The van der Waals surface area contributed by atoms with E-state index in [1.807, 2.05) is 36.4 Å². The third-order valence-electron chi connectivity index (χ3n) is 8.36. The minimum Gasteiger partial charge on any atom is -0.307 e. The number of hydrogen-bond acceptors (Lipinski definition) is 1. The van der Waals surface area contributed by atoms with E-state index in [-0.39, 0.29) is 0 Å². The molecule has 0 bridgehead atoms. The topological polar surface area (TPSA) is 17.1 Å². The van der Waals surface area contributed by atoms with Gasteiger partial charge in [-0.25, -0.2) is 0 Å². The van der Waals surface area contributed by atoms with Crippen LogP contribution in [0, 0.1) is 0 Å². The van der Waals surface area contributed by atoms with E-state index in [2.05, 4.69) is 0 Å². The maximum absolute atomic E-state index is 15.7. The molecule has 0 aliphatic heterocycles. The first kappa shape index (κ1) is 24.5. The van der Waals surface area contributed by atoms with Crippen molar-refractivity contribution in [3.05, 3.63) is 109 Å². The summed E-state index contributed by atoms with van der Waals surface area (Å²) >= 11 is 0. The van der Waals surface area contributed by atoms with Crippen LogP contribution in [0.15, 0.2) is 109 Å². The molecule has 200 valence electrons. The highest BCUT2D eigenvalue weighted by Crippen LogP contribution is 2.65. The third kappa shape index (κ3) is 3.14. The molecule has 0 radical (unpaired) electrons. The van der Waals surface area contributed by atoms with Gasteiger partial charge in [0.1, 0.15) is 0 Å². The first-order valence-corrected chi connectivity index (χ1v) is 14.7. The third-order valence-corrected chi connectivity index (χ3v) is 11.4. The Labute approximate surface area is 229 Å². The zero-order valence-corrected chi connectivity index (χ0v) is 22.0. The van der Waals surface area contributed by atoms with Crippen LogP contribution in [0.2, 0.25) is 0 Å². The van der Waals surface area contributed by atoms with Crippen LogP contribution in [0.5, 0.6) is 0 Å². The van der Waals surface area contributed by atoms with Gasteiger partial charge in [-0.2, -0.15) is 22.0 Å². The number of alkyl halides is 5. The Morgan fingerprint density at radius 3 is 0.976 bits per heavy atom. The van der Waals surface area contributed by atoms with Crippen molar-refractivity contribution in [2.75, 3.05) is 0 Å². The number of benzene rings is 8. The molecule has 0 fully saturated rings. The summed E-state index contributed by atoms with van der Waals surface area (Å²) in [7, 11) is -5.64. The molecule has 8 aromatic carbocycles. The molecule has 0 aliphatic rings. The zero-order valence-electron chi connectivity index (χ0n) is 21.1. The summed E-state index contributed by atoms with van der Waals surface area (Å²) in [6, 6.07) is 30.4. The lowest BCUT2D eigenvalue weighted by Gasteiger charge is -2.30. The molecule has 0 heterocycles. The second-order valence-corrected chi connectivity index (χ2v) is 13.4. The van der Waals surface area contributed by atoms with Crippen molar-refractivity contribution in [2.45, 2.75) is 11.8 Å². The van der Waals surface area contributed by atoms with Crippen molar-refractivity contribution in [1.82, 2.24) is 0 Å². The lowest BCUT2D eigenvalue weighted by atomic mass is 9.94. The Morgan fingerprint density at radius 2 is 0.683 bits per heavy atom. The fraction of sp³-hybridized carbons (Fsp3) is 0.0588. The normalized spacial score (nSPS) is 13.6. The average molecular weight is 568 g/mol. The molecule has 8 aromatic rings. The number of rotatable bonds is 3. The zero-order chi connectivity index (χ0) is 28.3. The van der Waals surface area contributed by atoms with E-state index in [0.717, 1.165) is 43.1 Å². The second-order valence-electron chi connectivity index (χ2n) is 10.6. The van der Waals surface area contributed by atoms with Gasteiger partial charge in [0.15, 0.2) is 0 Å². The van der Waals surface area contributed by atoms with Gasteiger partial charge in [0.05, 0.1) is 0 Å². The summed E-state index contributed by atoms with van der Waals surface area (Å²) in [4.78, 5) is 0. The maximum atomic E-state index is 15.7. The van der Waals surface area contributed by atoms with E-state index < -0.39 is 29.6 Å². The predicted octanol–water partition coefficient (Wildman–Crippen LogP) is 9.95. The Hall–Kier alpha value is -4.28. The minimum absolute atomic E-state index is 0.456. The van der Waals surface area contributed by atoms with Gasteiger partial charge in [-0.1, -0.05) is 84.9 Å². The average Bonchev–Trinajstić information content (AvgIpc) is 2.97. The van der Waals surface area contributed by atoms with E-state index >= 15 is 8.78 Å². The highest BCUT2D eigenvalue weighted by Gasteiger charge is 2.70. The molecule has 0 aliphatic carbocycles. The maximum Gasteiger partial charge on any atom is 0.461 e. The molecule has 0 spiro atoms. The van der Waals surface area contributed by atoms with Crippen molar-refractivity contribution >= 4 is 82.4 Å². The van der Waals surface area contributed by atoms with E-state index in [0.29, 0.717) is 21.5 Å². The SMILES string of the molecule is O=P(c1cc2ccc3cccc4ccc(c1)c2c34)(c1cc2ccc3cccc4ccc(c1)c2c34)C(F)(F)C(F)(F)F. The Morgan fingerprint density at radius 1 is 0.415 bits per heavy atom. The second kappa shape index (κ2) is 7.92. The molecule has 1 nitrogen and oxygen atoms in total. The molecular formula is C34H18F5OP. The highest BCUT2D eigenvalue weighted by molar-refractivity contribution is 7.79. The molecule has 7 heteroatoms. The van der Waals surface area contributed by atoms with Crippen LogP contribution in [0.3, 0.4) is 0 Å². The fourth-order valence-corrected chi connectivity index (χ4v) is 9.08. The van der Waals surface area contributed by atoms with Crippen LogP contribution in [-0.4, -0.2) is 11.8 Å². The summed E-state index contributed by atoms with van der Waals surface area (Å²) in [6.45, 7) is 0. The summed E-state index contributed by atoms with van der Waals surface area (Å²) in [5.74, 6) is 0. The monoisotopic (exact) mass is 568 g/mol. The molecule has 0 saturated carbocycles. The van der Waals surface area contributed by atoms with Crippen LogP contribution in [0.4, 0.5) is 22.0 Å². The first-order valence-electron chi connectivity index (χ1n) is 13.0. The van der Waals surface area contributed by atoms with Crippen LogP contribution >= 0.6 is 7.14 Å². The van der Waals surface area contributed by atoms with Gasteiger partial charge in [-0.05, 0) is 88.9 Å². The van der Waals surface area contributed by atoms with Gasteiger partial charge in [-0.3, -0.25) is 0 Å². The Kier molecular flexibility index (Phi) is 4.74. The Balaban J connectivity index is 1.48. The molecule has 0 amide bonds. The Bertz CT molecular complexity index is 2090.